The summed E-state index contributed by atoms with van der Waals surface area (Å²) in [5.41, 5.74) is 1.84. The lowest BCUT2D eigenvalue weighted by Crippen LogP contribution is -2.49. The quantitative estimate of drug-likeness (QED) is 0.831. The smallest absolute Gasteiger partial charge is 0.257 e. The number of benzene rings is 1. The topological polar surface area (TPSA) is 39.7 Å². The molecule has 1 aromatic heterocycles. The second kappa shape index (κ2) is 7.54. The third-order valence-corrected chi connectivity index (χ3v) is 5.40. The van der Waals surface area contributed by atoms with Crippen LogP contribution in [0.2, 0.25) is 5.02 Å². The van der Waals surface area contributed by atoms with Gasteiger partial charge < -0.3 is 14.7 Å². The Balaban J connectivity index is 1.46. The van der Waals surface area contributed by atoms with Crippen molar-refractivity contribution in [3.63, 3.8) is 0 Å². The van der Waals surface area contributed by atoms with Crippen molar-refractivity contribution in [1.82, 2.24) is 9.88 Å². The summed E-state index contributed by atoms with van der Waals surface area (Å²) >= 11 is 6.10. The SMILES string of the molecule is O=C(c1cccnc1N1CCCC1)N1CCN(c2cccc(Cl)c2)CC1. The van der Waals surface area contributed by atoms with Crippen LogP contribution in [0.3, 0.4) is 0 Å². The number of hydrogen-bond donors (Lipinski definition) is 0. The molecule has 2 saturated heterocycles. The molecule has 1 amide bonds. The Labute approximate surface area is 159 Å². The van der Waals surface area contributed by atoms with E-state index >= 15 is 0 Å². The number of rotatable bonds is 3. The first-order valence-electron chi connectivity index (χ1n) is 9.22. The fraction of sp³-hybridized carbons (Fsp3) is 0.400. The Kier molecular flexibility index (Phi) is 4.98. The van der Waals surface area contributed by atoms with Gasteiger partial charge in [0.1, 0.15) is 5.82 Å². The molecule has 0 unspecified atom stereocenters. The predicted molar refractivity (Wildman–Crippen MR) is 105 cm³/mol. The highest BCUT2D eigenvalue weighted by atomic mass is 35.5. The van der Waals surface area contributed by atoms with Gasteiger partial charge in [0.2, 0.25) is 0 Å². The van der Waals surface area contributed by atoms with E-state index in [-0.39, 0.29) is 5.91 Å². The number of pyridine rings is 1. The van der Waals surface area contributed by atoms with Gasteiger partial charge in [-0.25, -0.2) is 4.98 Å². The molecule has 2 aromatic rings. The van der Waals surface area contributed by atoms with Crippen molar-refractivity contribution in [3.05, 3.63) is 53.2 Å². The van der Waals surface area contributed by atoms with Gasteiger partial charge in [-0.1, -0.05) is 17.7 Å². The number of carbonyl (C=O) groups is 1. The van der Waals surface area contributed by atoms with Gasteiger partial charge in [-0.05, 0) is 43.2 Å². The van der Waals surface area contributed by atoms with Gasteiger partial charge in [-0.15, -0.1) is 0 Å². The second-order valence-corrected chi connectivity index (χ2v) is 7.26. The standard InChI is InChI=1S/C20H23ClN4O/c21-16-5-3-6-17(15-16)23-11-13-25(14-12-23)20(26)18-7-4-8-22-19(18)24-9-1-2-10-24/h3-8,15H,1-2,9-14H2. The zero-order chi connectivity index (χ0) is 17.9. The molecule has 0 saturated carbocycles. The van der Waals surface area contributed by atoms with Crippen molar-refractivity contribution >= 4 is 29.0 Å². The molecular formula is C20H23ClN4O. The maximum absolute atomic E-state index is 13.1. The largest absolute Gasteiger partial charge is 0.368 e. The van der Waals surface area contributed by atoms with Crippen LogP contribution in [0.15, 0.2) is 42.6 Å². The van der Waals surface area contributed by atoms with E-state index in [2.05, 4.69) is 20.9 Å². The third-order valence-electron chi connectivity index (χ3n) is 5.16. The van der Waals surface area contributed by atoms with Crippen LogP contribution < -0.4 is 9.80 Å². The molecule has 0 atom stereocenters. The molecule has 0 radical (unpaired) electrons. The van der Waals surface area contributed by atoms with Crippen molar-refractivity contribution in [2.75, 3.05) is 49.1 Å². The van der Waals surface area contributed by atoms with E-state index in [1.165, 1.54) is 12.8 Å². The predicted octanol–water partition coefficient (Wildman–Crippen LogP) is 3.30. The van der Waals surface area contributed by atoms with E-state index in [0.717, 1.165) is 48.3 Å². The summed E-state index contributed by atoms with van der Waals surface area (Å²) in [5, 5.41) is 0.742. The number of amides is 1. The van der Waals surface area contributed by atoms with Crippen molar-refractivity contribution in [2.24, 2.45) is 0 Å². The lowest BCUT2D eigenvalue weighted by atomic mass is 10.2. The monoisotopic (exact) mass is 370 g/mol. The van der Waals surface area contributed by atoms with Crippen LogP contribution in [0.4, 0.5) is 11.5 Å². The lowest BCUT2D eigenvalue weighted by molar-refractivity contribution is 0.0747. The van der Waals surface area contributed by atoms with E-state index in [0.29, 0.717) is 13.1 Å². The maximum atomic E-state index is 13.1. The van der Waals surface area contributed by atoms with Gasteiger partial charge >= 0.3 is 0 Å². The molecule has 136 valence electrons. The minimum absolute atomic E-state index is 0.0887. The molecule has 4 rings (SSSR count). The first-order valence-corrected chi connectivity index (χ1v) is 9.60. The van der Waals surface area contributed by atoms with Crippen molar-refractivity contribution in [2.45, 2.75) is 12.8 Å². The van der Waals surface area contributed by atoms with Gasteiger partial charge in [-0.2, -0.15) is 0 Å². The summed E-state index contributed by atoms with van der Waals surface area (Å²) in [6.07, 6.45) is 4.12. The number of nitrogens with zero attached hydrogens (tertiary/aromatic N) is 4. The molecule has 2 aliphatic heterocycles. The summed E-state index contributed by atoms with van der Waals surface area (Å²) in [4.78, 5) is 24.0. The van der Waals surface area contributed by atoms with E-state index in [4.69, 9.17) is 11.6 Å². The zero-order valence-electron chi connectivity index (χ0n) is 14.8. The fourth-order valence-corrected chi connectivity index (χ4v) is 3.94. The number of halogens is 1. The van der Waals surface area contributed by atoms with Crippen LogP contribution in [0, 0.1) is 0 Å². The normalized spacial score (nSPS) is 17.7. The Bertz CT molecular complexity index is 783. The third kappa shape index (κ3) is 3.49. The van der Waals surface area contributed by atoms with Gasteiger partial charge in [0, 0.05) is 56.2 Å². The molecule has 1 aromatic carbocycles. The fourth-order valence-electron chi connectivity index (χ4n) is 3.76. The molecule has 0 spiro atoms. The summed E-state index contributed by atoms with van der Waals surface area (Å²) < 4.78 is 0. The molecule has 0 bridgehead atoms. The number of anilines is 2. The Morgan fingerprint density at radius 1 is 0.923 bits per heavy atom. The molecule has 0 aliphatic carbocycles. The number of carbonyl (C=O) groups excluding carboxylic acids is 1. The van der Waals surface area contributed by atoms with Gasteiger partial charge in [0.25, 0.3) is 5.91 Å². The Hall–Kier alpha value is -2.27. The zero-order valence-corrected chi connectivity index (χ0v) is 15.5. The number of aromatic nitrogens is 1. The molecule has 3 heterocycles. The summed E-state index contributed by atoms with van der Waals surface area (Å²) in [6, 6.07) is 11.7. The Morgan fingerprint density at radius 3 is 2.42 bits per heavy atom. The van der Waals surface area contributed by atoms with Crippen LogP contribution in [-0.2, 0) is 0 Å². The second-order valence-electron chi connectivity index (χ2n) is 6.83. The highest BCUT2D eigenvalue weighted by molar-refractivity contribution is 6.30. The van der Waals surface area contributed by atoms with Gasteiger partial charge in [0.15, 0.2) is 0 Å². The molecule has 6 heteroatoms. The molecule has 5 nitrogen and oxygen atoms in total. The van der Waals surface area contributed by atoms with E-state index in [9.17, 15) is 4.79 Å². The molecular weight excluding hydrogens is 348 g/mol. The van der Waals surface area contributed by atoms with Gasteiger partial charge in [0.05, 0.1) is 5.56 Å². The van der Waals surface area contributed by atoms with E-state index < -0.39 is 0 Å². The number of hydrogen-bond acceptors (Lipinski definition) is 4. The lowest BCUT2D eigenvalue weighted by Gasteiger charge is -2.36. The number of piperazine rings is 1. The van der Waals surface area contributed by atoms with Crippen LogP contribution in [0.25, 0.3) is 0 Å². The van der Waals surface area contributed by atoms with Crippen LogP contribution >= 0.6 is 11.6 Å². The van der Waals surface area contributed by atoms with Crippen molar-refractivity contribution in [3.8, 4) is 0 Å². The molecule has 2 aliphatic rings. The first kappa shape index (κ1) is 17.2. The van der Waals surface area contributed by atoms with Crippen LogP contribution in [0.5, 0.6) is 0 Å². The average Bonchev–Trinajstić information content (AvgIpc) is 3.22. The summed E-state index contributed by atoms with van der Waals surface area (Å²) in [6.45, 7) is 5.01. The van der Waals surface area contributed by atoms with E-state index in [1.54, 1.807) is 6.20 Å². The van der Waals surface area contributed by atoms with Gasteiger partial charge in [-0.3, -0.25) is 4.79 Å². The van der Waals surface area contributed by atoms with Crippen LogP contribution in [0.1, 0.15) is 23.2 Å². The average molecular weight is 371 g/mol. The van der Waals surface area contributed by atoms with Crippen LogP contribution in [-0.4, -0.2) is 55.1 Å². The van der Waals surface area contributed by atoms with Crippen molar-refractivity contribution in [1.29, 1.82) is 0 Å². The minimum Gasteiger partial charge on any atom is -0.368 e. The molecule has 26 heavy (non-hydrogen) atoms. The summed E-state index contributed by atoms with van der Waals surface area (Å²) in [5.74, 6) is 0.929. The first-order chi connectivity index (χ1) is 12.7. The van der Waals surface area contributed by atoms with Crippen molar-refractivity contribution < 1.29 is 4.79 Å². The minimum atomic E-state index is 0.0887. The Morgan fingerprint density at radius 2 is 1.69 bits per heavy atom. The maximum Gasteiger partial charge on any atom is 0.257 e. The highest BCUT2D eigenvalue weighted by Gasteiger charge is 2.26. The van der Waals surface area contributed by atoms with E-state index in [1.807, 2.05) is 35.2 Å². The highest BCUT2D eigenvalue weighted by Crippen LogP contribution is 2.25. The summed E-state index contributed by atoms with van der Waals surface area (Å²) in [7, 11) is 0. The molecule has 2 fully saturated rings. The molecule has 0 N–H and O–H groups in total.